The molecule has 0 radical (unpaired) electrons. The lowest BCUT2D eigenvalue weighted by Gasteiger charge is -2.25. The highest BCUT2D eigenvalue weighted by atomic mass is 79.9. The molecule has 1 aromatic heterocycles. The van der Waals surface area contributed by atoms with Crippen LogP contribution in [-0.2, 0) is 6.42 Å². The summed E-state index contributed by atoms with van der Waals surface area (Å²) in [5.74, 6) is 0. The standard InChI is InChI=1S/C14H12BrCl2NS/c15-13-7-8-10(4-2-6-12(8)19-13)18-11-5-1-3-9(16)14(11)17/h1,3,5,7,10,18H,2,4,6H2. The summed E-state index contributed by atoms with van der Waals surface area (Å²) in [6, 6.07) is 8.24. The molecular weight excluding hydrogens is 365 g/mol. The van der Waals surface area contributed by atoms with Gasteiger partial charge in [0.1, 0.15) is 0 Å². The van der Waals surface area contributed by atoms with E-state index < -0.39 is 0 Å². The molecule has 0 bridgehead atoms. The van der Waals surface area contributed by atoms with Gasteiger partial charge in [0, 0.05) is 4.88 Å². The van der Waals surface area contributed by atoms with Gasteiger partial charge in [-0.3, -0.25) is 0 Å². The Balaban J connectivity index is 1.90. The van der Waals surface area contributed by atoms with Gasteiger partial charge < -0.3 is 5.32 Å². The zero-order valence-corrected chi connectivity index (χ0v) is 14.0. The Hall–Kier alpha value is -0.220. The van der Waals surface area contributed by atoms with Crippen LogP contribution in [0.2, 0.25) is 10.0 Å². The number of benzene rings is 1. The molecule has 1 nitrogen and oxygen atoms in total. The molecule has 0 amide bonds. The molecule has 3 rings (SSSR count). The minimum Gasteiger partial charge on any atom is -0.377 e. The molecule has 1 N–H and O–H groups in total. The number of thiophene rings is 1. The van der Waals surface area contributed by atoms with Crippen molar-refractivity contribution in [2.24, 2.45) is 0 Å². The Kier molecular flexibility index (Phi) is 4.08. The third kappa shape index (κ3) is 2.80. The SMILES string of the molecule is Clc1cccc(NC2CCCc3sc(Br)cc32)c1Cl. The number of nitrogens with one attached hydrogen (secondary N) is 1. The maximum atomic E-state index is 6.24. The Morgan fingerprint density at radius 1 is 1.32 bits per heavy atom. The van der Waals surface area contributed by atoms with Gasteiger partial charge in [-0.05, 0) is 59.0 Å². The monoisotopic (exact) mass is 375 g/mol. The first-order valence-corrected chi connectivity index (χ1v) is 8.50. The molecule has 5 heteroatoms. The summed E-state index contributed by atoms with van der Waals surface area (Å²) in [6.45, 7) is 0. The number of hydrogen-bond acceptors (Lipinski definition) is 2. The summed E-state index contributed by atoms with van der Waals surface area (Å²) < 4.78 is 1.20. The molecule has 1 aliphatic carbocycles. The predicted molar refractivity (Wildman–Crippen MR) is 87.8 cm³/mol. The van der Waals surface area contributed by atoms with Crippen molar-refractivity contribution in [3.8, 4) is 0 Å². The van der Waals surface area contributed by atoms with Crippen LogP contribution in [0.4, 0.5) is 5.69 Å². The van der Waals surface area contributed by atoms with Crippen molar-refractivity contribution in [2.75, 3.05) is 5.32 Å². The molecule has 1 aromatic carbocycles. The van der Waals surface area contributed by atoms with Crippen molar-refractivity contribution in [1.29, 1.82) is 0 Å². The molecule has 1 aliphatic rings. The number of anilines is 1. The van der Waals surface area contributed by atoms with Crippen LogP contribution >= 0.6 is 50.5 Å². The number of rotatable bonds is 2. The first-order valence-electron chi connectivity index (χ1n) is 6.14. The van der Waals surface area contributed by atoms with Crippen molar-refractivity contribution < 1.29 is 0 Å². The zero-order chi connectivity index (χ0) is 13.4. The molecule has 19 heavy (non-hydrogen) atoms. The Morgan fingerprint density at radius 2 is 2.16 bits per heavy atom. The highest BCUT2D eigenvalue weighted by molar-refractivity contribution is 9.11. The molecule has 2 aromatic rings. The van der Waals surface area contributed by atoms with Gasteiger partial charge >= 0.3 is 0 Å². The second-order valence-corrected chi connectivity index (χ2v) is 7.92. The molecule has 0 fully saturated rings. The molecular formula is C14H12BrCl2NS. The van der Waals surface area contributed by atoms with Crippen LogP contribution in [0.3, 0.4) is 0 Å². The second-order valence-electron chi connectivity index (χ2n) is 4.62. The number of halogens is 3. The zero-order valence-electron chi connectivity index (χ0n) is 10.1. The van der Waals surface area contributed by atoms with Crippen molar-refractivity contribution >= 4 is 56.2 Å². The maximum Gasteiger partial charge on any atom is 0.0823 e. The molecule has 0 saturated heterocycles. The summed E-state index contributed by atoms with van der Waals surface area (Å²) in [7, 11) is 0. The Labute approximate surface area is 135 Å². The highest BCUT2D eigenvalue weighted by Crippen LogP contribution is 2.41. The Bertz CT molecular complexity index is 611. The van der Waals surface area contributed by atoms with E-state index >= 15 is 0 Å². The normalized spacial score (nSPS) is 18.2. The van der Waals surface area contributed by atoms with Crippen molar-refractivity contribution in [2.45, 2.75) is 25.3 Å². The molecule has 0 spiro atoms. The predicted octanol–water partition coefficient (Wildman–Crippen LogP) is 6.31. The summed E-state index contributed by atoms with van der Waals surface area (Å²) in [5, 5.41) is 4.72. The van der Waals surface area contributed by atoms with E-state index in [0.717, 1.165) is 12.1 Å². The van der Waals surface area contributed by atoms with Gasteiger partial charge in [-0.1, -0.05) is 29.3 Å². The van der Waals surface area contributed by atoms with E-state index in [1.807, 2.05) is 29.5 Å². The van der Waals surface area contributed by atoms with Crippen LogP contribution in [0.15, 0.2) is 28.1 Å². The minimum absolute atomic E-state index is 0.322. The third-order valence-electron chi connectivity index (χ3n) is 3.37. The van der Waals surface area contributed by atoms with E-state index in [9.17, 15) is 0 Å². The lowest BCUT2D eigenvalue weighted by Crippen LogP contribution is -2.15. The summed E-state index contributed by atoms with van der Waals surface area (Å²) in [4.78, 5) is 1.47. The van der Waals surface area contributed by atoms with Gasteiger partial charge in [0.25, 0.3) is 0 Å². The van der Waals surface area contributed by atoms with Gasteiger partial charge in [-0.15, -0.1) is 11.3 Å². The highest BCUT2D eigenvalue weighted by Gasteiger charge is 2.23. The van der Waals surface area contributed by atoms with Gasteiger partial charge in [0.15, 0.2) is 0 Å². The second kappa shape index (κ2) is 5.65. The van der Waals surface area contributed by atoms with Gasteiger partial charge in [0.05, 0.1) is 25.6 Å². The van der Waals surface area contributed by atoms with Gasteiger partial charge in [-0.2, -0.15) is 0 Å². The fraction of sp³-hybridized carbons (Fsp3) is 0.286. The first kappa shape index (κ1) is 13.7. The Morgan fingerprint density at radius 3 is 3.00 bits per heavy atom. The van der Waals surface area contributed by atoms with E-state index in [-0.39, 0.29) is 0 Å². The van der Waals surface area contributed by atoms with Crippen LogP contribution in [0, 0.1) is 0 Å². The average Bonchev–Trinajstić information content (AvgIpc) is 2.76. The van der Waals surface area contributed by atoms with E-state index in [1.165, 1.54) is 27.1 Å². The third-order valence-corrected chi connectivity index (χ3v) is 5.90. The van der Waals surface area contributed by atoms with E-state index in [2.05, 4.69) is 27.3 Å². The number of fused-ring (bicyclic) bond motifs is 1. The van der Waals surface area contributed by atoms with Gasteiger partial charge in [-0.25, -0.2) is 0 Å². The topological polar surface area (TPSA) is 12.0 Å². The fourth-order valence-corrected chi connectivity index (χ4v) is 4.65. The largest absolute Gasteiger partial charge is 0.377 e. The van der Waals surface area contributed by atoms with Gasteiger partial charge in [0.2, 0.25) is 0 Å². The number of hydrogen-bond donors (Lipinski definition) is 1. The average molecular weight is 377 g/mol. The van der Waals surface area contributed by atoms with Crippen LogP contribution in [-0.4, -0.2) is 0 Å². The molecule has 1 unspecified atom stereocenters. The molecule has 100 valence electrons. The van der Waals surface area contributed by atoms with E-state index in [1.54, 1.807) is 0 Å². The van der Waals surface area contributed by atoms with E-state index in [4.69, 9.17) is 23.2 Å². The van der Waals surface area contributed by atoms with Crippen LogP contribution in [0.5, 0.6) is 0 Å². The molecule has 0 aliphatic heterocycles. The lowest BCUT2D eigenvalue weighted by atomic mass is 9.94. The quantitative estimate of drug-likeness (QED) is 0.647. The fourth-order valence-electron chi connectivity index (χ4n) is 2.47. The van der Waals surface area contributed by atoms with Crippen molar-refractivity contribution in [3.63, 3.8) is 0 Å². The molecule has 1 heterocycles. The maximum absolute atomic E-state index is 6.24. The van der Waals surface area contributed by atoms with Crippen LogP contribution < -0.4 is 5.32 Å². The van der Waals surface area contributed by atoms with Crippen molar-refractivity contribution in [1.82, 2.24) is 0 Å². The van der Waals surface area contributed by atoms with E-state index in [0.29, 0.717) is 16.1 Å². The van der Waals surface area contributed by atoms with Crippen LogP contribution in [0.1, 0.15) is 29.3 Å². The van der Waals surface area contributed by atoms with Crippen molar-refractivity contribution in [3.05, 3.63) is 48.5 Å². The number of aryl methyl sites for hydroxylation is 1. The summed E-state index contributed by atoms with van der Waals surface area (Å²) >= 11 is 17.7. The molecule has 1 atom stereocenters. The first-order chi connectivity index (χ1) is 9.15. The minimum atomic E-state index is 0.322. The van der Waals surface area contributed by atoms with Crippen LogP contribution in [0.25, 0.3) is 0 Å². The molecule has 0 saturated carbocycles. The summed E-state index contributed by atoms with van der Waals surface area (Å²) in [6.07, 6.45) is 3.50. The lowest BCUT2D eigenvalue weighted by molar-refractivity contribution is 0.609. The summed E-state index contributed by atoms with van der Waals surface area (Å²) in [5.41, 5.74) is 2.30. The smallest absolute Gasteiger partial charge is 0.0823 e.